The third kappa shape index (κ3) is 7.45. The van der Waals surface area contributed by atoms with Gasteiger partial charge in [-0.1, -0.05) is 6.07 Å². The van der Waals surface area contributed by atoms with Crippen molar-refractivity contribution >= 4 is 11.8 Å². The quantitative estimate of drug-likeness (QED) is 0.513. The van der Waals surface area contributed by atoms with Crippen molar-refractivity contribution in [3.8, 4) is 5.75 Å². The molecule has 0 saturated carbocycles. The normalized spacial score (nSPS) is 18.3. The minimum Gasteiger partial charge on any atom is -0.426 e. The Morgan fingerprint density at radius 2 is 1.43 bits per heavy atom. The van der Waals surface area contributed by atoms with Crippen molar-refractivity contribution in [3.05, 3.63) is 23.8 Å². The van der Waals surface area contributed by atoms with Crippen LogP contribution >= 0.6 is 0 Å². The Bertz CT molecular complexity index is 861. The van der Waals surface area contributed by atoms with Gasteiger partial charge < -0.3 is 19.3 Å². The Hall–Kier alpha value is -2.58. The van der Waals surface area contributed by atoms with Crippen LogP contribution in [0.3, 0.4) is 0 Å². The monoisotopic (exact) mass is 523 g/mol. The number of anilines is 1. The fourth-order valence-electron chi connectivity index (χ4n) is 3.89. The maximum atomic E-state index is 13.0. The van der Waals surface area contributed by atoms with E-state index in [0.717, 1.165) is 12.8 Å². The summed E-state index contributed by atoms with van der Waals surface area (Å²) in [7, 11) is 0. The maximum absolute atomic E-state index is 13.0. The predicted molar refractivity (Wildman–Crippen MR) is 104 cm³/mol. The van der Waals surface area contributed by atoms with Gasteiger partial charge in [0.25, 0.3) is 6.10 Å². The zero-order valence-corrected chi connectivity index (χ0v) is 18.1. The van der Waals surface area contributed by atoms with E-state index in [1.54, 1.807) is 11.0 Å². The van der Waals surface area contributed by atoms with E-state index in [4.69, 9.17) is 0 Å². The number of amides is 1. The highest BCUT2D eigenvalue weighted by molar-refractivity contribution is 5.68. The number of carbonyl (C=O) groups excluding carboxylic acids is 1. The van der Waals surface area contributed by atoms with E-state index in [-0.39, 0.29) is 38.3 Å². The van der Waals surface area contributed by atoms with Gasteiger partial charge in [-0.15, -0.1) is 13.2 Å². The molecule has 15 heteroatoms. The topological polar surface area (TPSA) is 45.2 Å². The molecule has 2 aliphatic rings. The fraction of sp³-hybridized carbons (Fsp3) is 0.650. The molecule has 1 aromatic carbocycles. The molecule has 1 amide bonds. The molecule has 35 heavy (non-hydrogen) atoms. The predicted octanol–water partition coefficient (Wildman–Crippen LogP) is 4.93. The molecular formula is C20H22F9N3O3. The van der Waals surface area contributed by atoms with Crippen molar-refractivity contribution in [2.45, 2.75) is 44.2 Å². The molecule has 198 valence electrons. The zero-order chi connectivity index (χ0) is 26.0. The summed E-state index contributed by atoms with van der Waals surface area (Å²) in [6.45, 7) is 0.778. The third-order valence-corrected chi connectivity index (χ3v) is 5.59. The lowest BCUT2D eigenvalue weighted by Gasteiger charge is -2.35. The number of rotatable bonds is 5. The number of hydrogen-bond acceptors (Lipinski definition) is 5. The van der Waals surface area contributed by atoms with E-state index in [1.807, 2.05) is 4.90 Å². The Kier molecular flexibility index (Phi) is 7.86. The van der Waals surface area contributed by atoms with E-state index in [2.05, 4.69) is 9.47 Å². The van der Waals surface area contributed by atoms with Crippen molar-refractivity contribution in [1.29, 1.82) is 0 Å². The van der Waals surface area contributed by atoms with Gasteiger partial charge in [0, 0.05) is 63.1 Å². The molecular weight excluding hydrogens is 501 g/mol. The first-order valence-electron chi connectivity index (χ1n) is 10.6. The van der Waals surface area contributed by atoms with Gasteiger partial charge >= 0.3 is 24.8 Å². The van der Waals surface area contributed by atoms with Crippen LogP contribution in [-0.4, -0.2) is 80.0 Å². The molecule has 0 bridgehead atoms. The van der Waals surface area contributed by atoms with Gasteiger partial charge in [0.05, 0.1) is 0 Å². The first-order chi connectivity index (χ1) is 16.1. The molecule has 0 aromatic heterocycles. The second-order valence-corrected chi connectivity index (χ2v) is 8.14. The Morgan fingerprint density at radius 3 is 1.94 bits per heavy atom. The Morgan fingerprint density at radius 1 is 0.857 bits per heavy atom. The summed E-state index contributed by atoms with van der Waals surface area (Å²) >= 11 is 0. The van der Waals surface area contributed by atoms with E-state index in [1.165, 1.54) is 12.1 Å². The first-order valence-corrected chi connectivity index (χ1v) is 10.6. The van der Waals surface area contributed by atoms with Crippen LogP contribution in [0.15, 0.2) is 18.2 Å². The molecule has 2 aliphatic heterocycles. The molecule has 2 heterocycles. The standard InChI is InChI=1S/C20H22F9N3O3/c21-18(22,23)16(19(24,25)26)34-17(33)32-9-7-30(8-10-32)12-13-3-4-14(31-5-1-2-6-31)11-15(13)35-20(27,28)29/h3-4,11,16H,1-2,5-10,12H2. The van der Waals surface area contributed by atoms with Gasteiger partial charge in [0.1, 0.15) is 5.75 Å². The summed E-state index contributed by atoms with van der Waals surface area (Å²) in [6, 6.07) is 4.43. The number of alkyl halides is 9. The fourth-order valence-corrected chi connectivity index (χ4v) is 3.89. The second-order valence-electron chi connectivity index (χ2n) is 8.14. The smallest absolute Gasteiger partial charge is 0.426 e. The second kappa shape index (κ2) is 10.2. The maximum Gasteiger partial charge on any atom is 0.573 e. The van der Waals surface area contributed by atoms with Crippen LogP contribution in [0.1, 0.15) is 18.4 Å². The first kappa shape index (κ1) is 27.0. The van der Waals surface area contributed by atoms with Crippen LogP contribution in [0.25, 0.3) is 0 Å². The van der Waals surface area contributed by atoms with Gasteiger partial charge in [-0.3, -0.25) is 4.90 Å². The van der Waals surface area contributed by atoms with Gasteiger partial charge in [-0.2, -0.15) is 26.3 Å². The number of halogens is 9. The van der Waals surface area contributed by atoms with Gasteiger partial charge in [0.15, 0.2) is 0 Å². The zero-order valence-electron chi connectivity index (χ0n) is 18.1. The number of ether oxygens (including phenoxy) is 2. The number of carbonyl (C=O) groups is 1. The molecule has 6 nitrogen and oxygen atoms in total. The van der Waals surface area contributed by atoms with Crippen molar-refractivity contribution < 1.29 is 53.8 Å². The lowest BCUT2D eigenvalue weighted by Crippen LogP contribution is -2.52. The van der Waals surface area contributed by atoms with E-state index >= 15 is 0 Å². The van der Waals surface area contributed by atoms with E-state index in [9.17, 15) is 44.3 Å². The van der Waals surface area contributed by atoms with Gasteiger partial charge in [0.2, 0.25) is 0 Å². The molecule has 0 atom stereocenters. The van der Waals surface area contributed by atoms with Crippen molar-refractivity contribution in [3.63, 3.8) is 0 Å². The number of piperazine rings is 1. The molecule has 3 rings (SSSR count). The van der Waals surface area contributed by atoms with Crippen LogP contribution in [0.5, 0.6) is 5.75 Å². The average Bonchev–Trinajstić information content (AvgIpc) is 3.26. The molecule has 2 fully saturated rings. The number of benzene rings is 1. The van der Waals surface area contributed by atoms with Crippen LogP contribution in [-0.2, 0) is 11.3 Å². The summed E-state index contributed by atoms with van der Waals surface area (Å²) in [5, 5.41) is 0. The highest BCUT2D eigenvalue weighted by Gasteiger charge is 2.60. The van der Waals surface area contributed by atoms with Crippen LogP contribution in [0, 0.1) is 0 Å². The largest absolute Gasteiger partial charge is 0.573 e. The molecule has 1 aromatic rings. The Labute approximate surface area is 194 Å². The van der Waals surface area contributed by atoms with Gasteiger partial charge in [-0.05, 0) is 18.9 Å². The third-order valence-electron chi connectivity index (χ3n) is 5.59. The van der Waals surface area contributed by atoms with Crippen LogP contribution in [0.2, 0.25) is 0 Å². The highest BCUT2D eigenvalue weighted by atomic mass is 19.4. The molecule has 0 aliphatic carbocycles. The summed E-state index contributed by atoms with van der Waals surface area (Å²) in [5.74, 6) is -0.401. The van der Waals surface area contributed by atoms with Crippen molar-refractivity contribution in [1.82, 2.24) is 9.80 Å². The molecule has 0 unspecified atom stereocenters. The van der Waals surface area contributed by atoms with Crippen LogP contribution < -0.4 is 9.64 Å². The average molecular weight is 523 g/mol. The summed E-state index contributed by atoms with van der Waals surface area (Å²) in [6.07, 6.45) is -20.8. The van der Waals surface area contributed by atoms with E-state index in [0.29, 0.717) is 23.7 Å². The van der Waals surface area contributed by atoms with E-state index < -0.39 is 36.7 Å². The minimum atomic E-state index is -5.83. The van der Waals surface area contributed by atoms with Crippen molar-refractivity contribution in [2.24, 2.45) is 0 Å². The molecule has 0 spiro atoms. The lowest BCUT2D eigenvalue weighted by atomic mass is 10.1. The minimum absolute atomic E-state index is 0.0167. The molecule has 0 radical (unpaired) electrons. The number of hydrogen-bond donors (Lipinski definition) is 0. The van der Waals surface area contributed by atoms with Gasteiger partial charge in [-0.25, -0.2) is 4.79 Å². The lowest BCUT2D eigenvalue weighted by molar-refractivity contribution is -0.308. The van der Waals surface area contributed by atoms with Crippen molar-refractivity contribution in [2.75, 3.05) is 44.2 Å². The molecule has 0 N–H and O–H groups in total. The summed E-state index contributed by atoms with van der Waals surface area (Å²) in [5.41, 5.74) is 0.762. The summed E-state index contributed by atoms with van der Waals surface area (Å²) < 4.78 is 122. The summed E-state index contributed by atoms with van der Waals surface area (Å²) in [4.78, 5) is 16.1. The SMILES string of the molecule is O=C(OC(C(F)(F)F)C(F)(F)F)N1CCN(Cc2ccc(N3CCCC3)cc2OC(F)(F)F)CC1. The number of nitrogens with zero attached hydrogens (tertiary/aromatic N) is 3. The highest BCUT2D eigenvalue weighted by Crippen LogP contribution is 2.36. The molecule has 2 saturated heterocycles. The Balaban J connectivity index is 1.63. The van der Waals surface area contributed by atoms with Crippen LogP contribution in [0.4, 0.5) is 50.0 Å².